The molecule has 2 rings (SSSR count). The zero-order chi connectivity index (χ0) is 16.5. The molecule has 0 bridgehead atoms. The fraction of sp³-hybridized carbons (Fsp3) is 0.562. The van der Waals surface area contributed by atoms with Crippen LogP contribution in [0.25, 0.3) is 0 Å². The van der Waals surface area contributed by atoms with Gasteiger partial charge in [-0.25, -0.2) is 0 Å². The molecule has 1 aliphatic rings. The van der Waals surface area contributed by atoms with E-state index in [1.807, 2.05) is 26.0 Å². The van der Waals surface area contributed by atoms with Crippen LogP contribution in [0.15, 0.2) is 18.2 Å². The van der Waals surface area contributed by atoms with Crippen molar-refractivity contribution in [2.24, 2.45) is 0 Å². The van der Waals surface area contributed by atoms with Crippen LogP contribution in [0.1, 0.15) is 48.2 Å². The van der Waals surface area contributed by atoms with Gasteiger partial charge in [-0.05, 0) is 57.7 Å². The quantitative estimate of drug-likeness (QED) is 0.844. The van der Waals surface area contributed by atoms with Crippen molar-refractivity contribution in [2.45, 2.75) is 52.6 Å². The van der Waals surface area contributed by atoms with E-state index in [0.717, 1.165) is 11.1 Å². The Morgan fingerprint density at radius 3 is 2.55 bits per heavy atom. The van der Waals surface area contributed by atoms with Crippen molar-refractivity contribution in [3.8, 4) is 0 Å². The van der Waals surface area contributed by atoms with E-state index in [1.54, 1.807) is 19.9 Å². The number of Topliss-reactive ketones (excluding diaryl/α,β-unsaturated/α-hetero) is 1. The molecule has 0 aliphatic carbocycles. The fourth-order valence-electron chi connectivity index (χ4n) is 2.74. The first kappa shape index (κ1) is 17.1. The molecule has 0 saturated carbocycles. The van der Waals surface area contributed by atoms with Crippen LogP contribution in [-0.2, 0) is 10.2 Å². The van der Waals surface area contributed by atoms with Gasteiger partial charge in [0.25, 0.3) is 10.2 Å². The maximum atomic E-state index is 12.7. The van der Waals surface area contributed by atoms with Crippen molar-refractivity contribution in [1.29, 1.82) is 0 Å². The van der Waals surface area contributed by atoms with Gasteiger partial charge in [0.2, 0.25) is 0 Å². The second-order valence-electron chi connectivity index (χ2n) is 6.21. The lowest BCUT2D eigenvalue weighted by Crippen LogP contribution is -2.48. The number of hydrogen-bond donors (Lipinski definition) is 1. The maximum absolute atomic E-state index is 12.7. The van der Waals surface area contributed by atoms with E-state index in [1.165, 1.54) is 4.31 Å². The van der Waals surface area contributed by atoms with Crippen LogP contribution in [0.2, 0.25) is 0 Å². The maximum Gasteiger partial charge on any atom is 0.280 e. The molecule has 1 fully saturated rings. The average Bonchev–Trinajstić information content (AvgIpc) is 2.89. The Morgan fingerprint density at radius 1 is 1.27 bits per heavy atom. The smallest absolute Gasteiger partial charge is 0.280 e. The van der Waals surface area contributed by atoms with E-state index >= 15 is 0 Å². The van der Waals surface area contributed by atoms with Crippen LogP contribution >= 0.6 is 0 Å². The average molecular weight is 324 g/mol. The molecule has 0 amide bonds. The third-order valence-corrected chi connectivity index (χ3v) is 5.81. The summed E-state index contributed by atoms with van der Waals surface area (Å²) in [5.74, 6) is -0.116. The number of rotatable bonds is 5. The van der Waals surface area contributed by atoms with Gasteiger partial charge in [0.1, 0.15) is 0 Å². The molecule has 1 atom stereocenters. The number of nitrogens with one attached hydrogen (secondary N) is 1. The summed E-state index contributed by atoms with van der Waals surface area (Å²) in [6, 6.07) is 4.74. The van der Waals surface area contributed by atoms with Crippen LogP contribution in [0.3, 0.4) is 0 Å². The van der Waals surface area contributed by atoms with E-state index in [4.69, 9.17) is 0 Å². The van der Waals surface area contributed by atoms with Crippen LogP contribution in [0, 0.1) is 13.8 Å². The number of carbonyl (C=O) groups is 1. The Bertz CT molecular complexity index is 668. The lowest BCUT2D eigenvalue weighted by atomic mass is 9.99. The first-order valence-corrected chi connectivity index (χ1v) is 9.07. The Hall–Kier alpha value is -1.24. The van der Waals surface area contributed by atoms with E-state index < -0.39 is 16.3 Å². The molecule has 0 spiro atoms. The molecule has 1 unspecified atom stereocenters. The second-order valence-corrected chi connectivity index (χ2v) is 7.86. The number of ketones is 1. The van der Waals surface area contributed by atoms with E-state index in [-0.39, 0.29) is 11.8 Å². The first-order valence-electron chi connectivity index (χ1n) is 7.63. The van der Waals surface area contributed by atoms with Gasteiger partial charge in [0.05, 0.1) is 6.04 Å². The molecular weight excluding hydrogens is 300 g/mol. The number of aryl methyl sites for hydroxylation is 2. The van der Waals surface area contributed by atoms with Gasteiger partial charge in [0.15, 0.2) is 5.78 Å². The summed E-state index contributed by atoms with van der Waals surface area (Å²) >= 11 is 0. The summed E-state index contributed by atoms with van der Waals surface area (Å²) in [6.45, 7) is 7.88. The van der Waals surface area contributed by atoms with Gasteiger partial charge in [-0.3, -0.25) is 4.79 Å². The van der Waals surface area contributed by atoms with Crippen molar-refractivity contribution in [3.05, 3.63) is 34.9 Å². The number of benzene rings is 1. The monoisotopic (exact) mass is 324 g/mol. The van der Waals surface area contributed by atoms with Crippen LogP contribution in [-0.4, -0.2) is 37.1 Å². The fourth-order valence-corrected chi connectivity index (χ4v) is 4.38. The number of nitrogens with zero attached hydrogens (tertiary/aromatic N) is 1. The highest BCUT2D eigenvalue weighted by Crippen LogP contribution is 2.24. The van der Waals surface area contributed by atoms with Gasteiger partial charge >= 0.3 is 0 Å². The molecule has 122 valence electrons. The molecule has 6 heteroatoms. The summed E-state index contributed by atoms with van der Waals surface area (Å²) in [4.78, 5) is 12.7. The number of carbonyl (C=O) groups excluding carboxylic acids is 1. The lowest BCUT2D eigenvalue weighted by Gasteiger charge is -2.24. The highest BCUT2D eigenvalue weighted by atomic mass is 32.2. The van der Waals surface area contributed by atoms with Gasteiger partial charge in [-0.2, -0.15) is 17.4 Å². The number of hydrogen-bond acceptors (Lipinski definition) is 3. The molecule has 22 heavy (non-hydrogen) atoms. The normalized spacial score (nSPS) is 19.8. The minimum absolute atomic E-state index is 0.116. The molecule has 5 nitrogen and oxygen atoms in total. The summed E-state index contributed by atoms with van der Waals surface area (Å²) in [5.41, 5.74) is 2.74. The Balaban J connectivity index is 2.26. The highest BCUT2D eigenvalue weighted by molar-refractivity contribution is 7.87. The third-order valence-electron chi connectivity index (χ3n) is 3.99. The summed E-state index contributed by atoms with van der Waals surface area (Å²) in [6.07, 6.45) is 1.28. The van der Waals surface area contributed by atoms with Gasteiger partial charge in [0, 0.05) is 18.2 Å². The summed E-state index contributed by atoms with van der Waals surface area (Å²) < 4.78 is 28.6. The summed E-state index contributed by atoms with van der Waals surface area (Å²) in [5, 5.41) is 0. The standard InChI is InChI=1S/C16H24N2O3S/c1-11(2)17-22(20,21)18-9-5-6-15(18)16(19)14-8-7-12(3)13(4)10-14/h7-8,10-11,15,17H,5-6,9H2,1-4H3. The molecule has 0 radical (unpaired) electrons. The second kappa shape index (κ2) is 6.48. The van der Waals surface area contributed by atoms with Gasteiger partial charge < -0.3 is 0 Å². The third kappa shape index (κ3) is 3.56. The molecular formula is C16H24N2O3S. The van der Waals surface area contributed by atoms with Crippen molar-refractivity contribution < 1.29 is 13.2 Å². The van der Waals surface area contributed by atoms with Crippen LogP contribution < -0.4 is 4.72 Å². The van der Waals surface area contributed by atoms with E-state index in [2.05, 4.69) is 4.72 Å². The zero-order valence-electron chi connectivity index (χ0n) is 13.6. The molecule has 0 aromatic heterocycles. The van der Waals surface area contributed by atoms with Crippen molar-refractivity contribution in [1.82, 2.24) is 9.03 Å². The van der Waals surface area contributed by atoms with Crippen molar-refractivity contribution >= 4 is 16.0 Å². The predicted octanol–water partition coefficient (Wildman–Crippen LogP) is 2.19. The van der Waals surface area contributed by atoms with Crippen molar-refractivity contribution in [2.75, 3.05) is 6.54 Å². The Labute approximate surface area is 132 Å². The summed E-state index contributed by atoms with van der Waals surface area (Å²) in [7, 11) is -3.62. The minimum atomic E-state index is -3.62. The van der Waals surface area contributed by atoms with Gasteiger partial charge in [-0.1, -0.05) is 12.1 Å². The topological polar surface area (TPSA) is 66.5 Å². The molecule has 1 heterocycles. The minimum Gasteiger partial charge on any atom is -0.292 e. The molecule has 1 aliphatic heterocycles. The zero-order valence-corrected chi connectivity index (χ0v) is 14.4. The van der Waals surface area contributed by atoms with E-state index in [0.29, 0.717) is 24.9 Å². The highest BCUT2D eigenvalue weighted by Gasteiger charge is 2.39. The Kier molecular flexibility index (Phi) is 5.04. The van der Waals surface area contributed by atoms with E-state index in [9.17, 15) is 13.2 Å². The largest absolute Gasteiger partial charge is 0.292 e. The van der Waals surface area contributed by atoms with Crippen LogP contribution in [0.4, 0.5) is 0 Å². The van der Waals surface area contributed by atoms with Crippen molar-refractivity contribution in [3.63, 3.8) is 0 Å². The lowest BCUT2D eigenvalue weighted by molar-refractivity contribution is 0.0917. The molecule has 1 aromatic carbocycles. The molecule has 1 aromatic rings. The predicted molar refractivity (Wildman–Crippen MR) is 87.2 cm³/mol. The molecule has 1 saturated heterocycles. The molecule has 1 N–H and O–H groups in total. The Morgan fingerprint density at radius 2 is 1.95 bits per heavy atom. The van der Waals surface area contributed by atoms with Gasteiger partial charge in [-0.15, -0.1) is 0 Å². The first-order chi connectivity index (χ1) is 10.2. The SMILES string of the molecule is Cc1ccc(C(=O)C2CCCN2S(=O)(=O)NC(C)C)cc1C. The van der Waals surface area contributed by atoms with Crippen LogP contribution in [0.5, 0.6) is 0 Å².